The number of carbonyl (C=O) groups excluding carboxylic acids is 1. The van der Waals surface area contributed by atoms with E-state index in [2.05, 4.69) is 59.8 Å². The van der Waals surface area contributed by atoms with Gasteiger partial charge in [-0.2, -0.15) is 0 Å². The number of nitrogens with one attached hydrogen (secondary N) is 2. The smallest absolute Gasteiger partial charge is 0.411 e. The molecular weight excluding hydrogens is 584 g/mol. The first-order valence-electron chi connectivity index (χ1n) is 17.7. The van der Waals surface area contributed by atoms with Crippen LogP contribution in [0.4, 0.5) is 10.5 Å². The Kier molecular flexibility index (Phi) is 12.8. The van der Waals surface area contributed by atoms with Crippen LogP contribution in [-0.4, -0.2) is 80.5 Å². The summed E-state index contributed by atoms with van der Waals surface area (Å²) in [4.78, 5) is 18.7. The highest BCUT2D eigenvalue weighted by atomic mass is 16.6. The average molecular weight is 640 g/mol. The number of rotatable bonds is 17. The molecule has 252 valence electrons. The van der Waals surface area contributed by atoms with Gasteiger partial charge in [-0.05, 0) is 74.0 Å². The van der Waals surface area contributed by atoms with Crippen LogP contribution in [0.1, 0.15) is 63.4 Å². The van der Waals surface area contributed by atoms with Crippen LogP contribution in [0.25, 0.3) is 22.0 Å². The fraction of sp³-hybridized carbons (Fsp3) is 0.475. The summed E-state index contributed by atoms with van der Waals surface area (Å²) in [6, 6.07) is 24.3. The van der Waals surface area contributed by atoms with Gasteiger partial charge in [-0.25, -0.2) is 4.79 Å². The summed E-state index contributed by atoms with van der Waals surface area (Å²) in [6.45, 7) is 5.53. The second-order valence-electron chi connectivity index (χ2n) is 13.8. The largest absolute Gasteiger partial charge is 0.497 e. The van der Waals surface area contributed by atoms with Gasteiger partial charge in [0.2, 0.25) is 0 Å². The van der Waals surface area contributed by atoms with Gasteiger partial charge < -0.3 is 23.8 Å². The van der Waals surface area contributed by atoms with Crippen LogP contribution in [0.5, 0.6) is 5.75 Å². The number of nitrogens with zero attached hydrogens (tertiary/aromatic N) is 2. The molecule has 4 aromatic rings. The van der Waals surface area contributed by atoms with E-state index >= 15 is 0 Å². The summed E-state index contributed by atoms with van der Waals surface area (Å²) in [5.74, 6) is 0.919. The lowest BCUT2D eigenvalue weighted by atomic mass is 10.0. The molecule has 1 aliphatic rings. The summed E-state index contributed by atoms with van der Waals surface area (Å²) in [7, 11) is 6.46. The maximum absolute atomic E-state index is 12.7. The fourth-order valence-corrected chi connectivity index (χ4v) is 6.79. The van der Waals surface area contributed by atoms with E-state index in [-0.39, 0.29) is 12.2 Å². The van der Waals surface area contributed by atoms with Gasteiger partial charge in [0.05, 0.1) is 40.0 Å². The number of fused-ring (bicyclic) bond motifs is 1. The molecule has 1 amide bonds. The number of likely N-dealkylation sites (tertiary alicyclic amines) is 1. The summed E-state index contributed by atoms with van der Waals surface area (Å²) in [5, 5.41) is 4.26. The Morgan fingerprint density at radius 1 is 0.872 bits per heavy atom. The van der Waals surface area contributed by atoms with Crippen LogP contribution in [0.15, 0.2) is 79.0 Å². The molecule has 3 aromatic carbocycles. The maximum Gasteiger partial charge on any atom is 0.411 e. The molecule has 7 nitrogen and oxygen atoms in total. The first-order valence-corrected chi connectivity index (χ1v) is 17.7. The van der Waals surface area contributed by atoms with Crippen LogP contribution in [0.2, 0.25) is 0 Å². The van der Waals surface area contributed by atoms with Crippen molar-refractivity contribution >= 4 is 22.7 Å². The van der Waals surface area contributed by atoms with E-state index in [0.717, 1.165) is 72.5 Å². The maximum atomic E-state index is 12.7. The third kappa shape index (κ3) is 10.6. The number of ether oxygens (including phenoxy) is 2. The van der Waals surface area contributed by atoms with E-state index in [1.54, 1.807) is 7.11 Å². The zero-order chi connectivity index (χ0) is 32.9. The normalized spacial score (nSPS) is 14.4. The second-order valence-corrected chi connectivity index (χ2v) is 13.8. The summed E-state index contributed by atoms with van der Waals surface area (Å²) in [6.07, 6.45) is 13.8. The minimum absolute atomic E-state index is 0.0173. The molecule has 1 fully saturated rings. The molecule has 0 spiro atoms. The second kappa shape index (κ2) is 17.4. The highest BCUT2D eigenvalue weighted by Crippen LogP contribution is 2.28. The van der Waals surface area contributed by atoms with Gasteiger partial charge >= 0.3 is 6.09 Å². The lowest BCUT2D eigenvalue weighted by Crippen LogP contribution is -2.42. The molecular formula is C40H55N4O3+. The lowest BCUT2D eigenvalue weighted by molar-refractivity contribution is -0.890. The Hall–Kier alpha value is -3.81. The van der Waals surface area contributed by atoms with Crippen molar-refractivity contribution in [1.82, 2.24) is 9.88 Å². The van der Waals surface area contributed by atoms with Crippen molar-refractivity contribution in [3.05, 3.63) is 84.6 Å². The number of likely N-dealkylation sites (N-methyl/N-ethyl adjacent to an activating group) is 1. The Morgan fingerprint density at radius 2 is 1.57 bits per heavy atom. The van der Waals surface area contributed by atoms with Crippen molar-refractivity contribution in [2.45, 2.75) is 70.3 Å². The molecule has 0 bridgehead atoms. The topological polar surface area (TPSA) is 66.6 Å². The molecule has 0 atom stereocenters. The molecule has 1 aromatic heterocycles. The average Bonchev–Trinajstić information content (AvgIpc) is 3.50. The van der Waals surface area contributed by atoms with Crippen LogP contribution in [0, 0.1) is 0 Å². The summed E-state index contributed by atoms with van der Waals surface area (Å²) >= 11 is 0. The number of H-pyrrole nitrogens is 1. The minimum atomic E-state index is -0.360. The van der Waals surface area contributed by atoms with E-state index in [1.165, 1.54) is 68.0 Å². The molecule has 5 rings (SSSR count). The summed E-state index contributed by atoms with van der Waals surface area (Å²) in [5.41, 5.74) is 5.42. The Balaban J connectivity index is 0.884. The van der Waals surface area contributed by atoms with Crippen molar-refractivity contribution in [3.63, 3.8) is 0 Å². The van der Waals surface area contributed by atoms with Crippen molar-refractivity contribution in [2.75, 3.05) is 59.2 Å². The third-order valence-corrected chi connectivity index (χ3v) is 9.76. The number of para-hydroxylation sites is 1. The predicted octanol–water partition coefficient (Wildman–Crippen LogP) is 8.91. The number of methoxy groups -OCH3 is 1. The number of anilines is 1. The van der Waals surface area contributed by atoms with Gasteiger partial charge in [0.15, 0.2) is 0 Å². The van der Waals surface area contributed by atoms with Gasteiger partial charge in [-0.1, -0.05) is 74.2 Å². The van der Waals surface area contributed by atoms with Crippen LogP contribution < -0.4 is 10.1 Å². The van der Waals surface area contributed by atoms with Crippen LogP contribution in [-0.2, 0) is 11.2 Å². The summed E-state index contributed by atoms with van der Waals surface area (Å²) < 4.78 is 12.3. The van der Waals surface area contributed by atoms with Crippen molar-refractivity contribution in [3.8, 4) is 16.9 Å². The number of piperidine rings is 1. The molecule has 0 unspecified atom stereocenters. The standard InChI is InChI=1S/C40H54N4O3/c1-44(2,29-24-33-31-41-38-21-20-35(46-3)30-37(33)38)28-15-8-6-4-5-7-14-25-43-26-22-34(23-27-43)47-40(45)42-39-19-13-12-18-36(39)32-16-10-9-11-17-32/h9-13,16-21,30-31,34,41H,4-8,14-15,22-29H2,1-3H3/p+1. The lowest BCUT2D eigenvalue weighted by Gasteiger charge is -2.31. The Labute approximate surface area is 281 Å². The molecule has 1 aliphatic heterocycles. The number of aromatic amines is 1. The first kappa shape index (κ1) is 34.5. The SMILES string of the molecule is COc1ccc2[nH]cc(CC[N+](C)(C)CCCCCCCCCN3CCC(OC(=O)Nc4ccccc4-c4ccccc4)CC3)c2c1. The molecule has 0 radical (unpaired) electrons. The third-order valence-electron chi connectivity index (χ3n) is 9.76. The number of amides is 1. The van der Waals surface area contributed by atoms with Gasteiger partial charge in [0.1, 0.15) is 11.9 Å². The highest BCUT2D eigenvalue weighted by molar-refractivity contribution is 5.91. The predicted molar refractivity (Wildman–Crippen MR) is 194 cm³/mol. The van der Waals surface area contributed by atoms with E-state index in [9.17, 15) is 4.79 Å². The number of unbranched alkanes of at least 4 members (excludes halogenated alkanes) is 6. The highest BCUT2D eigenvalue weighted by Gasteiger charge is 2.22. The van der Waals surface area contributed by atoms with Crippen LogP contribution in [0.3, 0.4) is 0 Å². The molecule has 0 saturated carbocycles. The van der Waals surface area contributed by atoms with E-state index < -0.39 is 0 Å². The quantitative estimate of drug-likeness (QED) is 0.0895. The molecule has 1 saturated heterocycles. The molecule has 2 N–H and O–H groups in total. The zero-order valence-electron chi connectivity index (χ0n) is 28.8. The molecule has 0 aliphatic carbocycles. The van der Waals surface area contributed by atoms with E-state index in [0.29, 0.717) is 0 Å². The Bertz CT molecular complexity index is 1530. The van der Waals surface area contributed by atoms with E-state index in [4.69, 9.17) is 9.47 Å². The Morgan fingerprint density at radius 3 is 2.34 bits per heavy atom. The minimum Gasteiger partial charge on any atom is -0.497 e. The molecule has 7 heteroatoms. The number of benzene rings is 3. The number of aromatic nitrogens is 1. The number of quaternary nitrogens is 1. The molecule has 47 heavy (non-hydrogen) atoms. The monoisotopic (exact) mass is 639 g/mol. The number of hydrogen-bond acceptors (Lipinski definition) is 4. The molecule has 2 heterocycles. The van der Waals surface area contributed by atoms with Gasteiger partial charge in [-0.15, -0.1) is 0 Å². The van der Waals surface area contributed by atoms with Crippen molar-refractivity contribution in [2.24, 2.45) is 0 Å². The van der Waals surface area contributed by atoms with Crippen molar-refractivity contribution < 1.29 is 18.8 Å². The van der Waals surface area contributed by atoms with Gasteiger partial charge in [0.25, 0.3) is 0 Å². The van der Waals surface area contributed by atoms with E-state index in [1.807, 2.05) is 48.5 Å². The van der Waals surface area contributed by atoms with Crippen molar-refractivity contribution in [1.29, 1.82) is 0 Å². The van der Waals surface area contributed by atoms with Gasteiger partial charge in [-0.3, -0.25) is 5.32 Å². The zero-order valence-corrected chi connectivity index (χ0v) is 28.8. The fourth-order valence-electron chi connectivity index (χ4n) is 6.79. The van der Waals surface area contributed by atoms with Crippen LogP contribution >= 0.6 is 0 Å². The first-order chi connectivity index (χ1) is 22.9. The van der Waals surface area contributed by atoms with Gasteiger partial charge in [0, 0.05) is 42.2 Å². The number of hydrogen-bond donors (Lipinski definition) is 2. The number of carbonyl (C=O) groups is 1.